The molecule has 5 nitrogen and oxygen atoms in total. The third-order valence-corrected chi connectivity index (χ3v) is 6.47. The van der Waals surface area contributed by atoms with Gasteiger partial charge in [0, 0.05) is 6.04 Å². The summed E-state index contributed by atoms with van der Waals surface area (Å²) in [5.74, 6) is -1.72. The molecule has 7 heteroatoms. The average molecular weight is 476 g/mol. The number of esters is 2. The number of rotatable bonds is 19. The van der Waals surface area contributed by atoms with Gasteiger partial charge in [-0.3, -0.25) is 9.59 Å². The summed E-state index contributed by atoms with van der Waals surface area (Å²) in [7, 11) is 0. The fourth-order valence-electron chi connectivity index (χ4n) is 3.14. The molecule has 1 atom stereocenters. The number of unbranched alkanes of at least 4 members (excludes halogenated alkanes) is 10. The van der Waals surface area contributed by atoms with Crippen molar-refractivity contribution in [2.24, 2.45) is 5.92 Å². The number of hydrogen-bond acceptors (Lipinski definition) is 6. The molecule has 182 valence electrons. The lowest BCUT2D eigenvalue weighted by atomic mass is 10.1. The third kappa shape index (κ3) is 15.6. The summed E-state index contributed by atoms with van der Waals surface area (Å²) in [6.07, 6.45) is 13.3. The summed E-state index contributed by atoms with van der Waals surface area (Å²) in [5.41, 5.74) is 0. The Morgan fingerprint density at radius 1 is 0.806 bits per heavy atom. The topological polar surface area (TPSA) is 55.8 Å². The van der Waals surface area contributed by atoms with Gasteiger partial charge >= 0.3 is 11.9 Å². The van der Waals surface area contributed by atoms with Gasteiger partial charge in [-0.2, -0.15) is 0 Å². The van der Waals surface area contributed by atoms with Crippen LogP contribution in [-0.2, 0) is 19.1 Å². The number of thiocarbonyl (C=S) groups is 1. The smallest absolute Gasteiger partial charge is 0.316 e. The van der Waals surface area contributed by atoms with Gasteiger partial charge in [-0.15, -0.1) is 0 Å². The van der Waals surface area contributed by atoms with Gasteiger partial charge in [-0.05, 0) is 26.7 Å². The second kappa shape index (κ2) is 19.8. The van der Waals surface area contributed by atoms with E-state index in [1.807, 2.05) is 13.8 Å². The molecule has 0 aromatic rings. The first kappa shape index (κ1) is 30.2. The van der Waals surface area contributed by atoms with Crippen LogP contribution in [0.2, 0.25) is 0 Å². The van der Waals surface area contributed by atoms with Gasteiger partial charge in [0.15, 0.2) is 0 Å². The lowest BCUT2D eigenvalue weighted by molar-refractivity contribution is -0.153. The van der Waals surface area contributed by atoms with Gasteiger partial charge in [0.2, 0.25) is 0 Å². The molecule has 1 unspecified atom stereocenters. The van der Waals surface area contributed by atoms with Crippen molar-refractivity contribution in [3.63, 3.8) is 0 Å². The third-order valence-electron chi connectivity index (χ3n) is 5.17. The Bertz CT molecular complexity index is 500. The molecule has 0 aromatic heterocycles. The van der Waals surface area contributed by atoms with Crippen molar-refractivity contribution in [2.75, 3.05) is 13.2 Å². The normalized spacial score (nSPS) is 11.9. The molecule has 0 fully saturated rings. The minimum atomic E-state index is -0.841. The van der Waals surface area contributed by atoms with Gasteiger partial charge in [0.05, 0.1) is 19.6 Å². The van der Waals surface area contributed by atoms with Crippen LogP contribution in [0.3, 0.4) is 0 Å². The summed E-state index contributed by atoms with van der Waals surface area (Å²) in [6.45, 7) is 8.96. The van der Waals surface area contributed by atoms with E-state index in [0.29, 0.717) is 18.2 Å². The monoisotopic (exact) mass is 475 g/mol. The molecule has 0 rings (SSSR count). The number of thiol groups is 1. The maximum absolute atomic E-state index is 12.7. The number of nitrogens with zero attached hydrogens (tertiary/aromatic N) is 1. The van der Waals surface area contributed by atoms with E-state index in [4.69, 9.17) is 21.7 Å². The molecule has 0 saturated heterocycles. The lowest BCUT2D eigenvalue weighted by Gasteiger charge is -2.27. The first-order valence-corrected chi connectivity index (χ1v) is 13.0. The van der Waals surface area contributed by atoms with Crippen LogP contribution in [0.15, 0.2) is 0 Å². The predicted octanol–water partition coefficient (Wildman–Crippen LogP) is 6.68. The second-order valence-corrected chi connectivity index (χ2v) is 9.31. The van der Waals surface area contributed by atoms with E-state index >= 15 is 0 Å². The van der Waals surface area contributed by atoms with Gasteiger partial charge in [-0.25, -0.2) is 0 Å². The Morgan fingerprint density at radius 3 is 1.74 bits per heavy atom. The Hall–Kier alpha value is -0.820. The largest absolute Gasteiger partial charge is 0.466 e. The quantitative estimate of drug-likeness (QED) is 0.0973. The summed E-state index contributed by atoms with van der Waals surface area (Å²) in [5, 5.41) is 0. The van der Waals surface area contributed by atoms with E-state index in [1.165, 1.54) is 38.5 Å². The van der Waals surface area contributed by atoms with Crippen LogP contribution in [-0.4, -0.2) is 40.5 Å². The van der Waals surface area contributed by atoms with E-state index in [-0.39, 0.29) is 12.5 Å². The number of carbonyl (C=O) groups excluding carboxylic acids is 2. The maximum atomic E-state index is 12.7. The zero-order valence-electron chi connectivity index (χ0n) is 20.2. The SMILES string of the molecule is CCCCCCCCOC(=O)CC(C(=O)OCCCCCCCC)C(=S)N(S)C(C)C. The van der Waals surface area contributed by atoms with Crippen molar-refractivity contribution < 1.29 is 19.1 Å². The van der Waals surface area contributed by atoms with Gasteiger partial charge in [0.1, 0.15) is 10.9 Å². The van der Waals surface area contributed by atoms with Crippen LogP contribution in [0.5, 0.6) is 0 Å². The van der Waals surface area contributed by atoms with Crippen LogP contribution in [0.4, 0.5) is 0 Å². The fraction of sp³-hybridized carbons (Fsp3) is 0.875. The highest BCUT2D eigenvalue weighted by atomic mass is 32.1. The van der Waals surface area contributed by atoms with Crippen LogP contribution >= 0.6 is 25.0 Å². The summed E-state index contributed by atoms with van der Waals surface area (Å²) >= 11 is 9.85. The van der Waals surface area contributed by atoms with Crippen molar-refractivity contribution >= 4 is 42.0 Å². The van der Waals surface area contributed by atoms with Crippen LogP contribution in [0, 0.1) is 5.92 Å². The van der Waals surface area contributed by atoms with Gasteiger partial charge < -0.3 is 13.8 Å². The first-order chi connectivity index (χ1) is 14.8. The van der Waals surface area contributed by atoms with Gasteiger partial charge in [-0.1, -0.05) is 103 Å². The average Bonchev–Trinajstić information content (AvgIpc) is 2.74. The summed E-state index contributed by atoms with van der Waals surface area (Å²) in [6, 6.07) is 0.00356. The molecule has 0 radical (unpaired) electrons. The molecule has 0 aliphatic rings. The summed E-state index contributed by atoms with van der Waals surface area (Å²) in [4.78, 5) is 25.3. The minimum Gasteiger partial charge on any atom is -0.466 e. The maximum Gasteiger partial charge on any atom is 0.316 e. The van der Waals surface area contributed by atoms with Crippen LogP contribution in [0.25, 0.3) is 0 Å². The highest BCUT2D eigenvalue weighted by Gasteiger charge is 2.31. The standard InChI is InChI=1S/C24H45NO4S2/c1-5-7-9-11-13-15-17-28-22(26)19-21(23(30)25(31)20(3)4)24(27)29-18-16-14-12-10-8-6-2/h20-21,31H,5-19H2,1-4H3. The van der Waals surface area contributed by atoms with Gasteiger partial charge in [0.25, 0.3) is 0 Å². The molecule has 0 amide bonds. The van der Waals surface area contributed by atoms with E-state index < -0.39 is 17.9 Å². The molecule has 0 N–H and O–H groups in total. The van der Waals surface area contributed by atoms with Crippen molar-refractivity contribution in [2.45, 2.75) is 117 Å². The van der Waals surface area contributed by atoms with E-state index in [0.717, 1.165) is 38.5 Å². The van der Waals surface area contributed by atoms with Crippen molar-refractivity contribution in [1.82, 2.24) is 4.31 Å². The summed E-state index contributed by atoms with van der Waals surface area (Å²) < 4.78 is 12.3. The molecule has 31 heavy (non-hydrogen) atoms. The fourth-order valence-corrected chi connectivity index (χ4v) is 3.67. The Labute approximate surface area is 201 Å². The predicted molar refractivity (Wildman–Crippen MR) is 135 cm³/mol. The number of carbonyl (C=O) groups is 2. The molecule has 0 saturated carbocycles. The van der Waals surface area contributed by atoms with E-state index in [1.54, 1.807) is 4.31 Å². The molecular weight excluding hydrogens is 430 g/mol. The van der Waals surface area contributed by atoms with Crippen LogP contribution in [0.1, 0.15) is 111 Å². The Morgan fingerprint density at radius 2 is 1.26 bits per heavy atom. The highest BCUT2D eigenvalue weighted by molar-refractivity contribution is 7.84. The Kier molecular flexibility index (Phi) is 19.3. The minimum absolute atomic E-state index is 0.00356. The van der Waals surface area contributed by atoms with E-state index in [2.05, 4.69) is 26.7 Å². The molecule has 0 aromatic carbocycles. The first-order valence-electron chi connectivity index (χ1n) is 12.2. The molecule has 0 heterocycles. The molecule has 0 aliphatic heterocycles. The number of ether oxygens (including phenoxy) is 2. The zero-order chi connectivity index (χ0) is 23.5. The number of hydrogen-bond donors (Lipinski definition) is 1. The lowest BCUT2D eigenvalue weighted by Crippen LogP contribution is -2.38. The second-order valence-electron chi connectivity index (χ2n) is 8.46. The highest BCUT2D eigenvalue weighted by Crippen LogP contribution is 2.18. The van der Waals surface area contributed by atoms with Crippen LogP contribution < -0.4 is 0 Å². The molecule has 0 aliphatic carbocycles. The van der Waals surface area contributed by atoms with Crippen molar-refractivity contribution in [3.8, 4) is 0 Å². The molecule has 0 spiro atoms. The van der Waals surface area contributed by atoms with E-state index in [9.17, 15) is 9.59 Å². The molecule has 0 bridgehead atoms. The molecular formula is C24H45NO4S2. The Balaban J connectivity index is 4.51. The van der Waals surface area contributed by atoms with Crippen molar-refractivity contribution in [1.29, 1.82) is 0 Å². The zero-order valence-corrected chi connectivity index (χ0v) is 21.9. The van der Waals surface area contributed by atoms with Crippen molar-refractivity contribution in [3.05, 3.63) is 0 Å².